The smallest absolute Gasteiger partial charge is 0.127 e. The SMILES string of the molecule is CN(C)NCc1cc(Cl)cc2c1OCC2. The van der Waals surface area contributed by atoms with Gasteiger partial charge in [-0.3, -0.25) is 10.4 Å². The fraction of sp³-hybridized carbons (Fsp3) is 0.455. The number of ether oxygens (including phenoxy) is 1. The summed E-state index contributed by atoms with van der Waals surface area (Å²) in [6, 6.07) is 3.95. The fourth-order valence-corrected chi connectivity index (χ4v) is 1.98. The molecule has 0 unspecified atom stereocenters. The molecule has 0 spiro atoms. The van der Waals surface area contributed by atoms with Crippen LogP contribution in [-0.2, 0) is 13.0 Å². The normalized spacial score (nSPS) is 14.1. The number of hydrogen-bond donors (Lipinski definition) is 1. The average Bonchev–Trinajstić information content (AvgIpc) is 2.61. The zero-order valence-corrected chi connectivity index (χ0v) is 9.77. The van der Waals surface area contributed by atoms with Gasteiger partial charge in [0.2, 0.25) is 0 Å². The van der Waals surface area contributed by atoms with Crippen LogP contribution in [0.25, 0.3) is 0 Å². The van der Waals surface area contributed by atoms with E-state index in [1.807, 2.05) is 31.2 Å². The molecule has 0 atom stereocenters. The van der Waals surface area contributed by atoms with Gasteiger partial charge in [0.05, 0.1) is 6.61 Å². The fourth-order valence-electron chi connectivity index (χ4n) is 1.72. The molecule has 4 heteroatoms. The van der Waals surface area contributed by atoms with Crippen molar-refractivity contribution in [3.05, 3.63) is 28.3 Å². The minimum Gasteiger partial charge on any atom is -0.493 e. The van der Waals surface area contributed by atoms with Gasteiger partial charge >= 0.3 is 0 Å². The Balaban J connectivity index is 2.22. The van der Waals surface area contributed by atoms with E-state index in [0.29, 0.717) is 0 Å². The maximum Gasteiger partial charge on any atom is 0.127 e. The Morgan fingerprint density at radius 1 is 1.47 bits per heavy atom. The number of nitrogens with one attached hydrogen (secondary N) is 1. The lowest BCUT2D eigenvalue weighted by Crippen LogP contribution is -2.29. The molecule has 3 nitrogen and oxygen atoms in total. The van der Waals surface area contributed by atoms with Crippen LogP contribution in [0.1, 0.15) is 11.1 Å². The predicted octanol–water partition coefficient (Wildman–Crippen LogP) is 1.84. The van der Waals surface area contributed by atoms with E-state index in [2.05, 4.69) is 5.43 Å². The van der Waals surface area contributed by atoms with Crippen molar-refractivity contribution in [1.82, 2.24) is 10.4 Å². The van der Waals surface area contributed by atoms with Crippen molar-refractivity contribution in [2.75, 3.05) is 20.7 Å². The first-order valence-corrected chi connectivity index (χ1v) is 5.39. The number of rotatable bonds is 3. The number of hydrazine groups is 1. The van der Waals surface area contributed by atoms with E-state index in [1.165, 1.54) is 5.56 Å². The highest BCUT2D eigenvalue weighted by Crippen LogP contribution is 2.32. The highest BCUT2D eigenvalue weighted by molar-refractivity contribution is 6.30. The highest BCUT2D eigenvalue weighted by Gasteiger charge is 2.17. The lowest BCUT2D eigenvalue weighted by Gasteiger charge is -2.14. The van der Waals surface area contributed by atoms with E-state index < -0.39 is 0 Å². The summed E-state index contributed by atoms with van der Waals surface area (Å²) in [5, 5.41) is 2.71. The van der Waals surface area contributed by atoms with Crippen LogP contribution >= 0.6 is 11.6 Å². The van der Waals surface area contributed by atoms with E-state index >= 15 is 0 Å². The standard InChI is InChI=1S/C11H15ClN2O/c1-14(2)13-7-9-6-10(12)5-8-3-4-15-11(8)9/h5-6,13H,3-4,7H2,1-2H3. The maximum atomic E-state index is 6.05. The van der Waals surface area contributed by atoms with Crippen molar-refractivity contribution >= 4 is 11.6 Å². The second-order valence-electron chi connectivity index (χ2n) is 3.88. The Hall–Kier alpha value is -0.770. The van der Waals surface area contributed by atoms with Crippen molar-refractivity contribution in [3.63, 3.8) is 0 Å². The molecule has 2 rings (SSSR count). The minimum atomic E-state index is 0.746. The summed E-state index contributed by atoms with van der Waals surface area (Å²) in [5.41, 5.74) is 5.56. The Kier molecular flexibility index (Phi) is 3.14. The molecule has 0 saturated heterocycles. The van der Waals surface area contributed by atoms with Crippen LogP contribution in [0.5, 0.6) is 5.75 Å². The second kappa shape index (κ2) is 4.39. The third-order valence-corrected chi connectivity index (χ3v) is 2.63. The van der Waals surface area contributed by atoms with E-state index in [1.54, 1.807) is 0 Å². The van der Waals surface area contributed by atoms with Crippen molar-refractivity contribution < 1.29 is 4.74 Å². The average molecular weight is 227 g/mol. The van der Waals surface area contributed by atoms with Crippen LogP contribution in [0.3, 0.4) is 0 Å². The zero-order chi connectivity index (χ0) is 10.8. The van der Waals surface area contributed by atoms with Gasteiger partial charge in [-0.2, -0.15) is 0 Å². The molecule has 0 amide bonds. The Bertz CT molecular complexity index is 366. The molecule has 1 aromatic carbocycles. The van der Waals surface area contributed by atoms with E-state index in [-0.39, 0.29) is 0 Å². The van der Waals surface area contributed by atoms with Gasteiger partial charge in [-0.05, 0) is 17.7 Å². The quantitative estimate of drug-likeness (QED) is 0.797. The van der Waals surface area contributed by atoms with Crippen molar-refractivity contribution in [1.29, 1.82) is 0 Å². The molecule has 0 aromatic heterocycles. The van der Waals surface area contributed by atoms with Crippen LogP contribution in [-0.4, -0.2) is 25.7 Å². The molecule has 1 aliphatic rings. The number of benzene rings is 1. The molecule has 0 aliphatic carbocycles. The molecule has 1 heterocycles. The highest BCUT2D eigenvalue weighted by atomic mass is 35.5. The minimum absolute atomic E-state index is 0.746. The second-order valence-corrected chi connectivity index (χ2v) is 4.32. The number of nitrogens with zero attached hydrogens (tertiary/aromatic N) is 1. The van der Waals surface area contributed by atoms with Crippen LogP contribution in [0.2, 0.25) is 5.02 Å². The Morgan fingerprint density at radius 2 is 2.27 bits per heavy atom. The van der Waals surface area contributed by atoms with Gasteiger partial charge in [0, 0.05) is 37.6 Å². The first-order chi connectivity index (χ1) is 7.16. The zero-order valence-electron chi connectivity index (χ0n) is 9.01. The molecule has 0 bridgehead atoms. The Labute approximate surface area is 94.9 Å². The molecular formula is C11H15ClN2O. The molecule has 0 saturated carbocycles. The van der Waals surface area contributed by atoms with Gasteiger partial charge in [0.15, 0.2) is 0 Å². The van der Waals surface area contributed by atoms with Gasteiger partial charge < -0.3 is 4.74 Å². The number of fused-ring (bicyclic) bond motifs is 1. The summed E-state index contributed by atoms with van der Waals surface area (Å²) in [7, 11) is 3.93. The van der Waals surface area contributed by atoms with Crippen molar-refractivity contribution in [2.24, 2.45) is 0 Å². The van der Waals surface area contributed by atoms with Gasteiger partial charge in [0.1, 0.15) is 5.75 Å². The lowest BCUT2D eigenvalue weighted by molar-refractivity contribution is 0.281. The monoisotopic (exact) mass is 226 g/mol. The van der Waals surface area contributed by atoms with Crippen LogP contribution < -0.4 is 10.2 Å². The molecule has 1 aliphatic heterocycles. The number of halogens is 1. The van der Waals surface area contributed by atoms with Crippen molar-refractivity contribution in [2.45, 2.75) is 13.0 Å². The molecule has 0 fully saturated rings. The molecular weight excluding hydrogens is 212 g/mol. The molecule has 1 aromatic rings. The predicted molar refractivity (Wildman–Crippen MR) is 61.2 cm³/mol. The first kappa shape index (κ1) is 10.7. The van der Waals surface area contributed by atoms with Gasteiger partial charge in [-0.15, -0.1) is 0 Å². The summed E-state index contributed by atoms with van der Waals surface area (Å²) in [6.45, 7) is 1.51. The summed E-state index contributed by atoms with van der Waals surface area (Å²) in [4.78, 5) is 0. The van der Waals surface area contributed by atoms with Crippen LogP contribution in [0, 0.1) is 0 Å². The molecule has 1 N–H and O–H groups in total. The number of hydrogen-bond acceptors (Lipinski definition) is 3. The molecule has 15 heavy (non-hydrogen) atoms. The first-order valence-electron chi connectivity index (χ1n) is 5.02. The van der Waals surface area contributed by atoms with E-state index in [0.717, 1.165) is 35.9 Å². The van der Waals surface area contributed by atoms with E-state index in [4.69, 9.17) is 16.3 Å². The summed E-state index contributed by atoms with van der Waals surface area (Å²) in [5.74, 6) is 1.01. The molecule has 82 valence electrons. The summed E-state index contributed by atoms with van der Waals surface area (Å²) in [6.07, 6.45) is 0.963. The van der Waals surface area contributed by atoms with Crippen molar-refractivity contribution in [3.8, 4) is 5.75 Å². The largest absolute Gasteiger partial charge is 0.493 e. The lowest BCUT2D eigenvalue weighted by atomic mass is 10.1. The third kappa shape index (κ3) is 2.43. The Morgan fingerprint density at radius 3 is 3.00 bits per heavy atom. The van der Waals surface area contributed by atoms with Gasteiger partial charge in [-0.1, -0.05) is 11.6 Å². The molecule has 0 radical (unpaired) electrons. The van der Waals surface area contributed by atoms with Gasteiger partial charge in [0.25, 0.3) is 0 Å². The van der Waals surface area contributed by atoms with Gasteiger partial charge in [-0.25, -0.2) is 0 Å². The summed E-state index contributed by atoms with van der Waals surface area (Å²) < 4.78 is 5.60. The van der Waals surface area contributed by atoms with E-state index in [9.17, 15) is 0 Å². The van der Waals surface area contributed by atoms with Crippen LogP contribution in [0.15, 0.2) is 12.1 Å². The van der Waals surface area contributed by atoms with Crippen LogP contribution in [0.4, 0.5) is 0 Å². The summed E-state index contributed by atoms with van der Waals surface area (Å²) >= 11 is 6.05. The maximum absolute atomic E-state index is 6.05. The topological polar surface area (TPSA) is 24.5 Å². The third-order valence-electron chi connectivity index (χ3n) is 2.41.